The molecular formula is C52H31N3O2. The van der Waals surface area contributed by atoms with Crippen molar-refractivity contribution in [3.63, 3.8) is 0 Å². The lowest BCUT2D eigenvalue weighted by molar-refractivity contribution is 0.668. The first-order valence-electron chi connectivity index (χ1n) is 19.2. The van der Waals surface area contributed by atoms with Crippen molar-refractivity contribution in [2.24, 2.45) is 0 Å². The Morgan fingerprint density at radius 2 is 0.789 bits per heavy atom. The highest BCUT2D eigenvalue weighted by atomic mass is 16.3. The Balaban J connectivity index is 1.13. The van der Waals surface area contributed by atoms with Crippen LogP contribution in [0.3, 0.4) is 0 Å². The number of benzene rings is 8. The molecule has 0 unspecified atom stereocenters. The van der Waals surface area contributed by atoms with Crippen molar-refractivity contribution >= 4 is 43.9 Å². The molecule has 0 radical (unpaired) electrons. The Labute approximate surface area is 327 Å². The van der Waals surface area contributed by atoms with Gasteiger partial charge in [-0.1, -0.05) is 152 Å². The largest absolute Gasteiger partial charge is 0.456 e. The summed E-state index contributed by atoms with van der Waals surface area (Å²) in [6.45, 7) is 0. The average molecular weight is 730 g/mol. The van der Waals surface area contributed by atoms with Gasteiger partial charge in [0, 0.05) is 38.2 Å². The fourth-order valence-electron chi connectivity index (χ4n) is 9.16. The van der Waals surface area contributed by atoms with Gasteiger partial charge in [-0.25, -0.2) is 15.0 Å². The molecule has 3 heterocycles. The zero-order valence-corrected chi connectivity index (χ0v) is 30.6. The van der Waals surface area contributed by atoms with E-state index < -0.39 is 5.41 Å². The van der Waals surface area contributed by atoms with Gasteiger partial charge in [-0.3, -0.25) is 0 Å². The molecular weight excluding hydrogens is 699 g/mol. The lowest BCUT2D eigenvalue weighted by Crippen LogP contribution is -2.28. The van der Waals surface area contributed by atoms with Crippen LogP contribution in [0, 0.1) is 0 Å². The van der Waals surface area contributed by atoms with Crippen molar-refractivity contribution in [2.45, 2.75) is 5.41 Å². The highest BCUT2D eigenvalue weighted by Crippen LogP contribution is 2.58. The van der Waals surface area contributed by atoms with E-state index >= 15 is 0 Å². The third kappa shape index (κ3) is 4.66. The first kappa shape index (κ1) is 31.7. The van der Waals surface area contributed by atoms with Crippen LogP contribution in [0.15, 0.2) is 197 Å². The summed E-state index contributed by atoms with van der Waals surface area (Å²) >= 11 is 0. The van der Waals surface area contributed by atoms with Crippen molar-refractivity contribution in [1.82, 2.24) is 15.0 Å². The number of hydrogen-bond acceptors (Lipinski definition) is 5. The van der Waals surface area contributed by atoms with E-state index in [0.717, 1.165) is 71.7 Å². The van der Waals surface area contributed by atoms with Gasteiger partial charge in [0.25, 0.3) is 0 Å². The molecule has 8 aromatic carbocycles. The lowest BCUT2D eigenvalue weighted by atomic mass is 9.67. The number of hydrogen-bond donors (Lipinski definition) is 0. The number of furan rings is 2. The Bertz CT molecular complexity index is 3190. The standard InChI is InChI=1S/C52H31N3O2/c1-3-14-34(15-4-1)52(35-16-5-2-6-17-35)42-22-10-7-20-40(42)48-41(21-13-23-43(48)52)51-54-49(32-26-28-38-36-18-8-11-24-44(36)56-46(38)30-32)53-50(55-51)33-27-29-39-37-19-9-12-25-45(37)57-47(39)31-33/h1-31H. The topological polar surface area (TPSA) is 65.0 Å². The SMILES string of the molecule is c1ccc(C2(c3ccccc3)c3ccccc3-c3c(-c4nc(-c5ccc6c(c5)oc5ccccc56)nc(-c5ccc6c(c5)oc5ccccc56)n4)cccc32)cc1. The van der Waals surface area contributed by atoms with Crippen LogP contribution in [0.5, 0.6) is 0 Å². The van der Waals surface area contributed by atoms with Gasteiger partial charge in [0.1, 0.15) is 22.3 Å². The quantitative estimate of drug-likeness (QED) is 0.176. The van der Waals surface area contributed by atoms with Gasteiger partial charge in [-0.15, -0.1) is 0 Å². The van der Waals surface area contributed by atoms with Gasteiger partial charge in [0.05, 0.1) is 5.41 Å². The normalized spacial score (nSPS) is 13.1. The fraction of sp³-hybridized carbons (Fsp3) is 0.0192. The number of nitrogens with zero attached hydrogens (tertiary/aromatic N) is 3. The zero-order chi connectivity index (χ0) is 37.5. The molecule has 1 aliphatic rings. The van der Waals surface area contributed by atoms with Crippen molar-refractivity contribution in [3.05, 3.63) is 210 Å². The summed E-state index contributed by atoms with van der Waals surface area (Å²) < 4.78 is 12.7. The summed E-state index contributed by atoms with van der Waals surface area (Å²) in [4.78, 5) is 15.8. The Kier molecular flexibility index (Phi) is 6.78. The van der Waals surface area contributed by atoms with Gasteiger partial charge < -0.3 is 8.83 Å². The van der Waals surface area contributed by atoms with E-state index in [1.807, 2.05) is 48.5 Å². The second-order valence-corrected chi connectivity index (χ2v) is 14.7. The molecule has 0 fully saturated rings. The molecule has 0 atom stereocenters. The van der Waals surface area contributed by atoms with E-state index in [1.165, 1.54) is 22.3 Å². The highest BCUT2D eigenvalue weighted by molar-refractivity contribution is 6.07. The molecule has 11 aromatic rings. The van der Waals surface area contributed by atoms with Crippen LogP contribution < -0.4 is 0 Å². The van der Waals surface area contributed by atoms with E-state index in [1.54, 1.807) is 0 Å². The molecule has 0 bridgehead atoms. The summed E-state index contributed by atoms with van der Waals surface area (Å²) in [6, 6.07) is 65.7. The lowest BCUT2D eigenvalue weighted by Gasteiger charge is -2.33. The van der Waals surface area contributed by atoms with E-state index in [-0.39, 0.29) is 0 Å². The van der Waals surface area contributed by atoms with Crippen LogP contribution in [0.25, 0.3) is 89.2 Å². The number of fused-ring (bicyclic) bond motifs is 9. The van der Waals surface area contributed by atoms with Crippen molar-refractivity contribution in [3.8, 4) is 45.3 Å². The van der Waals surface area contributed by atoms with Crippen LogP contribution in [0.1, 0.15) is 22.3 Å². The summed E-state index contributed by atoms with van der Waals surface area (Å²) in [5.74, 6) is 1.71. The van der Waals surface area contributed by atoms with Gasteiger partial charge in [0.2, 0.25) is 0 Å². The molecule has 5 heteroatoms. The average Bonchev–Trinajstić information content (AvgIpc) is 3.94. The van der Waals surface area contributed by atoms with Gasteiger partial charge in [-0.2, -0.15) is 0 Å². The van der Waals surface area contributed by atoms with Gasteiger partial charge >= 0.3 is 0 Å². The zero-order valence-electron chi connectivity index (χ0n) is 30.6. The molecule has 0 saturated heterocycles. The molecule has 0 N–H and O–H groups in total. The van der Waals surface area contributed by atoms with Crippen molar-refractivity contribution in [2.75, 3.05) is 0 Å². The Morgan fingerprint density at radius 3 is 1.39 bits per heavy atom. The molecule has 1 aliphatic carbocycles. The maximum Gasteiger partial charge on any atom is 0.164 e. The predicted molar refractivity (Wildman–Crippen MR) is 228 cm³/mol. The maximum atomic E-state index is 6.34. The van der Waals surface area contributed by atoms with E-state index in [0.29, 0.717) is 17.5 Å². The minimum Gasteiger partial charge on any atom is -0.456 e. The van der Waals surface area contributed by atoms with Crippen LogP contribution in [0.4, 0.5) is 0 Å². The number of para-hydroxylation sites is 2. The molecule has 0 aliphatic heterocycles. The molecule has 5 nitrogen and oxygen atoms in total. The number of aromatic nitrogens is 3. The first-order chi connectivity index (χ1) is 28.2. The third-order valence-electron chi connectivity index (χ3n) is 11.6. The maximum absolute atomic E-state index is 6.34. The first-order valence-corrected chi connectivity index (χ1v) is 19.2. The number of rotatable bonds is 5. The van der Waals surface area contributed by atoms with E-state index in [9.17, 15) is 0 Å². The third-order valence-corrected chi connectivity index (χ3v) is 11.6. The Hall–Kier alpha value is -7.63. The summed E-state index contributed by atoms with van der Waals surface area (Å²) in [5, 5.41) is 4.26. The van der Waals surface area contributed by atoms with Crippen molar-refractivity contribution in [1.29, 1.82) is 0 Å². The van der Waals surface area contributed by atoms with Crippen LogP contribution in [-0.4, -0.2) is 15.0 Å². The second-order valence-electron chi connectivity index (χ2n) is 14.7. The minimum absolute atomic E-state index is 0.554. The molecule has 0 spiro atoms. The highest BCUT2D eigenvalue weighted by Gasteiger charge is 2.47. The Morgan fingerprint density at radius 1 is 0.333 bits per heavy atom. The van der Waals surface area contributed by atoms with Crippen molar-refractivity contribution < 1.29 is 8.83 Å². The van der Waals surface area contributed by atoms with Crippen LogP contribution in [-0.2, 0) is 5.41 Å². The second kappa shape index (κ2) is 12.2. The predicted octanol–water partition coefficient (Wildman–Crippen LogP) is 13.0. The smallest absolute Gasteiger partial charge is 0.164 e. The molecule has 57 heavy (non-hydrogen) atoms. The monoisotopic (exact) mass is 729 g/mol. The molecule has 12 rings (SSSR count). The summed E-state index contributed by atoms with van der Waals surface area (Å²) in [7, 11) is 0. The van der Waals surface area contributed by atoms with E-state index in [2.05, 4.69) is 140 Å². The fourth-order valence-corrected chi connectivity index (χ4v) is 9.16. The van der Waals surface area contributed by atoms with E-state index in [4.69, 9.17) is 23.8 Å². The summed E-state index contributed by atoms with van der Waals surface area (Å²) in [6.07, 6.45) is 0. The molecule has 3 aromatic heterocycles. The van der Waals surface area contributed by atoms with Gasteiger partial charge in [-0.05, 0) is 69.8 Å². The van der Waals surface area contributed by atoms with Gasteiger partial charge in [0.15, 0.2) is 17.5 Å². The minimum atomic E-state index is -0.554. The van der Waals surface area contributed by atoms with Crippen LogP contribution in [0.2, 0.25) is 0 Å². The molecule has 266 valence electrons. The summed E-state index contributed by atoms with van der Waals surface area (Å²) in [5.41, 5.74) is 12.4. The molecule has 0 amide bonds. The van der Waals surface area contributed by atoms with Crippen LogP contribution >= 0.6 is 0 Å². The molecule has 0 saturated carbocycles.